The molecular formula is C15H25N5O3S. The van der Waals surface area contributed by atoms with Crippen molar-refractivity contribution >= 4 is 10.2 Å². The highest BCUT2D eigenvalue weighted by Crippen LogP contribution is 2.42. The van der Waals surface area contributed by atoms with Gasteiger partial charge in [0.15, 0.2) is 5.82 Å². The Morgan fingerprint density at radius 3 is 2.62 bits per heavy atom. The van der Waals surface area contributed by atoms with Crippen LogP contribution >= 0.6 is 0 Å². The fourth-order valence-corrected chi connectivity index (χ4v) is 4.34. The van der Waals surface area contributed by atoms with Gasteiger partial charge >= 0.3 is 0 Å². The topological polar surface area (TPSA) is 91.6 Å². The molecule has 2 saturated carbocycles. The molecular weight excluding hydrogens is 330 g/mol. The van der Waals surface area contributed by atoms with Gasteiger partial charge < -0.3 is 4.52 Å². The first-order valence-corrected chi connectivity index (χ1v) is 10.1. The van der Waals surface area contributed by atoms with Gasteiger partial charge in [0, 0.05) is 39.1 Å². The van der Waals surface area contributed by atoms with Crippen LogP contribution in [0.2, 0.25) is 0 Å². The highest BCUT2D eigenvalue weighted by atomic mass is 32.2. The summed E-state index contributed by atoms with van der Waals surface area (Å²) >= 11 is 0. The number of likely N-dealkylation sites (tertiary alicyclic amines) is 1. The molecule has 8 nitrogen and oxygen atoms in total. The molecule has 1 aliphatic heterocycles. The van der Waals surface area contributed by atoms with Crippen LogP contribution in [0.3, 0.4) is 0 Å². The second kappa shape index (κ2) is 6.05. The lowest BCUT2D eigenvalue weighted by Crippen LogP contribution is -2.46. The Hall–Kier alpha value is -1.03. The van der Waals surface area contributed by atoms with Crippen LogP contribution in [0.15, 0.2) is 4.52 Å². The quantitative estimate of drug-likeness (QED) is 0.768. The van der Waals surface area contributed by atoms with Crippen molar-refractivity contribution in [2.45, 2.75) is 44.2 Å². The van der Waals surface area contributed by atoms with Gasteiger partial charge in [0.25, 0.3) is 10.2 Å². The van der Waals surface area contributed by atoms with E-state index < -0.39 is 10.2 Å². The van der Waals surface area contributed by atoms with Crippen molar-refractivity contribution in [3.8, 4) is 0 Å². The fraction of sp³-hybridized carbons (Fsp3) is 0.867. The first kappa shape index (κ1) is 16.4. The van der Waals surface area contributed by atoms with Crippen molar-refractivity contribution in [2.75, 3.05) is 27.2 Å². The Labute approximate surface area is 142 Å². The molecule has 0 spiro atoms. The van der Waals surface area contributed by atoms with Crippen molar-refractivity contribution < 1.29 is 12.9 Å². The summed E-state index contributed by atoms with van der Waals surface area (Å²) in [5, 5.41) is 4.06. The summed E-state index contributed by atoms with van der Waals surface area (Å²) in [5.74, 6) is 2.95. The normalized spacial score (nSPS) is 28.8. The van der Waals surface area contributed by atoms with E-state index in [-0.39, 0.29) is 6.04 Å². The average molecular weight is 355 g/mol. The monoisotopic (exact) mass is 355 g/mol. The molecule has 3 fully saturated rings. The van der Waals surface area contributed by atoms with Gasteiger partial charge in [0.1, 0.15) is 0 Å². The molecule has 0 amide bonds. The number of nitrogens with one attached hydrogen (secondary N) is 1. The molecule has 0 bridgehead atoms. The molecule has 0 radical (unpaired) electrons. The average Bonchev–Trinajstić information content (AvgIpc) is 3.44. The second-order valence-corrected chi connectivity index (χ2v) is 9.44. The van der Waals surface area contributed by atoms with Crippen molar-refractivity contribution in [2.24, 2.45) is 11.8 Å². The van der Waals surface area contributed by atoms with Crippen LogP contribution in [-0.4, -0.2) is 61.0 Å². The van der Waals surface area contributed by atoms with E-state index in [1.165, 1.54) is 17.1 Å². The minimum Gasteiger partial charge on any atom is -0.338 e. The Morgan fingerprint density at radius 2 is 2.00 bits per heavy atom. The van der Waals surface area contributed by atoms with Gasteiger partial charge in [0.05, 0.1) is 6.54 Å². The molecule has 0 aromatic carbocycles. The van der Waals surface area contributed by atoms with E-state index in [2.05, 4.69) is 19.8 Å². The first-order valence-electron chi connectivity index (χ1n) is 8.67. The molecule has 1 aromatic heterocycles. The molecule has 2 heterocycles. The smallest absolute Gasteiger partial charge is 0.279 e. The number of nitrogens with zero attached hydrogens (tertiary/aromatic N) is 4. The Balaban J connectivity index is 1.41. The zero-order chi connectivity index (χ0) is 16.9. The molecule has 0 unspecified atom stereocenters. The van der Waals surface area contributed by atoms with E-state index in [0.29, 0.717) is 36.7 Å². The van der Waals surface area contributed by atoms with Crippen LogP contribution in [0, 0.1) is 11.8 Å². The molecule has 134 valence electrons. The lowest BCUT2D eigenvalue weighted by atomic mass is 9.99. The molecule has 3 aliphatic rings. The van der Waals surface area contributed by atoms with E-state index >= 15 is 0 Å². The molecule has 1 saturated heterocycles. The van der Waals surface area contributed by atoms with Crippen molar-refractivity contribution in [1.82, 2.24) is 24.1 Å². The van der Waals surface area contributed by atoms with Crippen LogP contribution in [0.25, 0.3) is 0 Å². The van der Waals surface area contributed by atoms with Gasteiger partial charge in [-0.15, -0.1) is 0 Å². The largest absolute Gasteiger partial charge is 0.338 e. The maximum absolute atomic E-state index is 12.2. The van der Waals surface area contributed by atoms with Gasteiger partial charge in [-0.25, -0.2) is 0 Å². The molecule has 2 aliphatic carbocycles. The summed E-state index contributed by atoms with van der Waals surface area (Å²) in [5.41, 5.74) is 0. The van der Waals surface area contributed by atoms with E-state index in [0.717, 1.165) is 25.2 Å². The van der Waals surface area contributed by atoms with Crippen LogP contribution in [-0.2, 0) is 16.8 Å². The van der Waals surface area contributed by atoms with Crippen molar-refractivity contribution in [3.05, 3.63) is 11.7 Å². The van der Waals surface area contributed by atoms with E-state index in [1.807, 2.05) is 0 Å². The van der Waals surface area contributed by atoms with Gasteiger partial charge in [0.2, 0.25) is 5.89 Å². The standard InChI is InChI=1S/C15H25N5O3S/c1-19(2)24(21,22)18-13-8-20(7-12(13)10-3-4-10)9-14-16-15(17-23-14)11-5-6-11/h10-13,18H,3-9H2,1-2H3/t12-,13+/m0/s1. The number of rotatable bonds is 7. The lowest BCUT2D eigenvalue weighted by Gasteiger charge is -2.21. The number of aromatic nitrogens is 2. The molecule has 4 rings (SSSR count). The molecule has 1 N–H and O–H groups in total. The second-order valence-electron chi connectivity index (χ2n) is 7.53. The van der Waals surface area contributed by atoms with Crippen LogP contribution in [0.1, 0.15) is 43.3 Å². The van der Waals surface area contributed by atoms with Crippen molar-refractivity contribution in [3.63, 3.8) is 0 Å². The van der Waals surface area contributed by atoms with Crippen LogP contribution in [0.4, 0.5) is 0 Å². The molecule has 1 aromatic rings. The molecule has 9 heteroatoms. The van der Waals surface area contributed by atoms with E-state index in [9.17, 15) is 8.42 Å². The summed E-state index contributed by atoms with van der Waals surface area (Å²) in [6.45, 7) is 2.17. The minimum atomic E-state index is -3.41. The van der Waals surface area contributed by atoms with E-state index in [1.54, 1.807) is 14.1 Å². The summed E-state index contributed by atoms with van der Waals surface area (Å²) in [7, 11) is -0.301. The minimum absolute atomic E-state index is 0.0456. The Kier molecular flexibility index (Phi) is 4.14. The van der Waals surface area contributed by atoms with Crippen LogP contribution in [0.5, 0.6) is 0 Å². The lowest BCUT2D eigenvalue weighted by molar-refractivity contribution is 0.256. The third kappa shape index (κ3) is 3.49. The summed E-state index contributed by atoms with van der Waals surface area (Å²) in [6, 6.07) is -0.0456. The predicted molar refractivity (Wildman–Crippen MR) is 87.3 cm³/mol. The zero-order valence-electron chi connectivity index (χ0n) is 14.2. The Bertz CT molecular complexity index is 696. The molecule has 24 heavy (non-hydrogen) atoms. The van der Waals surface area contributed by atoms with Gasteiger partial charge in [-0.1, -0.05) is 5.16 Å². The highest BCUT2D eigenvalue weighted by molar-refractivity contribution is 7.87. The molecule has 2 atom stereocenters. The summed E-state index contributed by atoms with van der Waals surface area (Å²) in [6.07, 6.45) is 4.71. The van der Waals surface area contributed by atoms with Crippen molar-refractivity contribution in [1.29, 1.82) is 0 Å². The number of hydrogen-bond donors (Lipinski definition) is 1. The van der Waals surface area contributed by atoms with Crippen LogP contribution < -0.4 is 4.72 Å². The maximum atomic E-state index is 12.2. The zero-order valence-corrected chi connectivity index (χ0v) is 15.0. The third-order valence-corrected chi connectivity index (χ3v) is 6.80. The Morgan fingerprint density at radius 1 is 1.25 bits per heavy atom. The van der Waals surface area contributed by atoms with Gasteiger partial charge in [-0.05, 0) is 37.5 Å². The first-order chi connectivity index (χ1) is 11.4. The summed E-state index contributed by atoms with van der Waals surface area (Å²) < 4.78 is 33.8. The number of hydrogen-bond acceptors (Lipinski definition) is 6. The maximum Gasteiger partial charge on any atom is 0.279 e. The summed E-state index contributed by atoms with van der Waals surface area (Å²) in [4.78, 5) is 6.71. The van der Waals surface area contributed by atoms with Gasteiger partial charge in [-0.2, -0.15) is 22.4 Å². The third-order valence-electron chi connectivity index (χ3n) is 5.23. The fourth-order valence-electron chi connectivity index (χ4n) is 3.50. The highest BCUT2D eigenvalue weighted by Gasteiger charge is 2.44. The SMILES string of the molecule is CN(C)S(=O)(=O)N[C@@H]1CN(Cc2nc(C3CC3)no2)C[C@H]1C1CC1. The van der Waals surface area contributed by atoms with Gasteiger partial charge in [-0.3, -0.25) is 4.90 Å². The predicted octanol–water partition coefficient (Wildman–Crippen LogP) is 0.553. The van der Waals surface area contributed by atoms with E-state index in [4.69, 9.17) is 4.52 Å².